The number of nitrogens with zero attached hydrogens (tertiary/aromatic N) is 1. The van der Waals surface area contributed by atoms with Crippen LogP contribution in [0.15, 0.2) is 18.2 Å². The molecule has 0 spiro atoms. The average molecular weight is 343 g/mol. The van der Waals surface area contributed by atoms with Gasteiger partial charge in [0.05, 0.1) is 13.2 Å². The number of rotatable bonds is 6. The third kappa shape index (κ3) is 4.52. The Bertz CT molecular complexity index is 525. The molecule has 130 valence electrons. The lowest BCUT2D eigenvalue weighted by Gasteiger charge is -2.22. The molecule has 5 nitrogen and oxygen atoms in total. The van der Waals surface area contributed by atoms with Crippen LogP contribution in [-0.2, 0) is 0 Å². The lowest BCUT2D eigenvalue weighted by atomic mass is 10.1. The number of carbonyl (C=O) groups excluding carboxylic acids is 1. The summed E-state index contributed by atoms with van der Waals surface area (Å²) in [5.74, 6) is 1.73. The van der Waals surface area contributed by atoms with Gasteiger partial charge in [-0.2, -0.15) is 0 Å². The van der Waals surface area contributed by atoms with Gasteiger partial charge in [0.25, 0.3) is 5.91 Å². The van der Waals surface area contributed by atoms with E-state index in [1.807, 2.05) is 24.8 Å². The number of benzene rings is 1. The molecule has 0 bridgehead atoms. The summed E-state index contributed by atoms with van der Waals surface area (Å²) < 4.78 is 11.1. The SMILES string of the molecule is CCOc1ccc(C(=O)N2CC(CN)CC2C)cc1OCC.Cl. The first-order valence-electron chi connectivity index (χ1n) is 8.01. The highest BCUT2D eigenvalue weighted by molar-refractivity contribution is 5.95. The molecule has 1 fully saturated rings. The number of ether oxygens (including phenoxy) is 2. The van der Waals surface area contributed by atoms with Gasteiger partial charge in [-0.25, -0.2) is 0 Å². The highest BCUT2D eigenvalue weighted by Gasteiger charge is 2.32. The van der Waals surface area contributed by atoms with E-state index in [2.05, 4.69) is 6.92 Å². The number of nitrogens with two attached hydrogens (primary N) is 1. The molecule has 2 atom stereocenters. The summed E-state index contributed by atoms with van der Waals surface area (Å²) in [6, 6.07) is 5.61. The summed E-state index contributed by atoms with van der Waals surface area (Å²) in [4.78, 5) is 14.6. The number of amides is 1. The summed E-state index contributed by atoms with van der Waals surface area (Å²) in [6.07, 6.45) is 0.970. The van der Waals surface area contributed by atoms with E-state index in [0.717, 1.165) is 13.0 Å². The molecule has 1 aromatic rings. The molecule has 1 aliphatic rings. The van der Waals surface area contributed by atoms with Gasteiger partial charge in [-0.3, -0.25) is 4.79 Å². The second kappa shape index (κ2) is 8.99. The van der Waals surface area contributed by atoms with E-state index in [9.17, 15) is 4.79 Å². The fourth-order valence-corrected chi connectivity index (χ4v) is 2.95. The number of carbonyl (C=O) groups is 1. The molecule has 2 unspecified atom stereocenters. The molecule has 1 aromatic carbocycles. The minimum atomic E-state index is 0. The molecule has 0 aliphatic carbocycles. The summed E-state index contributed by atoms with van der Waals surface area (Å²) in [7, 11) is 0. The molecule has 1 heterocycles. The smallest absolute Gasteiger partial charge is 0.254 e. The largest absolute Gasteiger partial charge is 0.490 e. The van der Waals surface area contributed by atoms with Crippen LogP contribution in [-0.4, -0.2) is 43.2 Å². The highest BCUT2D eigenvalue weighted by atomic mass is 35.5. The lowest BCUT2D eigenvalue weighted by molar-refractivity contribution is 0.0743. The maximum atomic E-state index is 12.7. The molecule has 1 amide bonds. The van der Waals surface area contributed by atoms with Gasteiger partial charge in [0.1, 0.15) is 0 Å². The number of hydrogen-bond acceptors (Lipinski definition) is 4. The Labute approximate surface area is 144 Å². The number of likely N-dealkylation sites (tertiary alicyclic amines) is 1. The van der Waals surface area contributed by atoms with Crippen LogP contribution < -0.4 is 15.2 Å². The Kier molecular flexibility index (Phi) is 7.65. The topological polar surface area (TPSA) is 64.8 Å². The zero-order valence-corrected chi connectivity index (χ0v) is 14.9. The van der Waals surface area contributed by atoms with Gasteiger partial charge < -0.3 is 20.1 Å². The molecule has 0 aromatic heterocycles. The van der Waals surface area contributed by atoms with Crippen LogP contribution in [0.1, 0.15) is 37.6 Å². The van der Waals surface area contributed by atoms with Crippen molar-refractivity contribution in [2.75, 3.05) is 26.3 Å². The molecule has 23 heavy (non-hydrogen) atoms. The first kappa shape index (κ1) is 19.6. The summed E-state index contributed by atoms with van der Waals surface area (Å²) in [5.41, 5.74) is 6.38. The average Bonchev–Trinajstić information content (AvgIpc) is 2.90. The van der Waals surface area contributed by atoms with Crippen molar-refractivity contribution in [3.8, 4) is 11.5 Å². The molecule has 1 saturated heterocycles. The van der Waals surface area contributed by atoms with Crippen LogP contribution in [0.2, 0.25) is 0 Å². The number of hydrogen-bond donors (Lipinski definition) is 1. The van der Waals surface area contributed by atoms with E-state index in [0.29, 0.717) is 42.7 Å². The monoisotopic (exact) mass is 342 g/mol. The van der Waals surface area contributed by atoms with Gasteiger partial charge >= 0.3 is 0 Å². The van der Waals surface area contributed by atoms with Crippen molar-refractivity contribution < 1.29 is 14.3 Å². The highest BCUT2D eigenvalue weighted by Crippen LogP contribution is 2.30. The van der Waals surface area contributed by atoms with Crippen molar-refractivity contribution in [2.45, 2.75) is 33.2 Å². The Morgan fingerprint density at radius 3 is 2.48 bits per heavy atom. The molecular weight excluding hydrogens is 316 g/mol. The van der Waals surface area contributed by atoms with Gasteiger partial charge in [0, 0.05) is 18.2 Å². The van der Waals surface area contributed by atoms with Crippen LogP contribution in [0.3, 0.4) is 0 Å². The predicted molar refractivity (Wildman–Crippen MR) is 93.7 cm³/mol. The van der Waals surface area contributed by atoms with E-state index in [-0.39, 0.29) is 24.4 Å². The van der Waals surface area contributed by atoms with Gasteiger partial charge in [-0.15, -0.1) is 12.4 Å². The Hall–Kier alpha value is -1.46. The second-order valence-electron chi connectivity index (χ2n) is 5.67. The lowest BCUT2D eigenvalue weighted by Crippen LogP contribution is -2.34. The van der Waals surface area contributed by atoms with Crippen LogP contribution in [0.25, 0.3) is 0 Å². The molecule has 0 radical (unpaired) electrons. The van der Waals surface area contributed by atoms with E-state index in [4.69, 9.17) is 15.2 Å². The zero-order valence-electron chi connectivity index (χ0n) is 14.1. The first-order chi connectivity index (χ1) is 10.6. The van der Waals surface area contributed by atoms with Crippen LogP contribution in [0, 0.1) is 5.92 Å². The minimum absolute atomic E-state index is 0. The van der Waals surface area contributed by atoms with Crippen LogP contribution in [0.5, 0.6) is 11.5 Å². The molecule has 1 aliphatic heterocycles. The van der Waals surface area contributed by atoms with Crippen molar-refractivity contribution in [1.29, 1.82) is 0 Å². The second-order valence-corrected chi connectivity index (χ2v) is 5.67. The Morgan fingerprint density at radius 2 is 1.91 bits per heavy atom. The molecule has 6 heteroatoms. The van der Waals surface area contributed by atoms with Crippen molar-refractivity contribution in [2.24, 2.45) is 11.7 Å². The molecule has 2 rings (SSSR count). The zero-order chi connectivity index (χ0) is 16.1. The summed E-state index contributed by atoms with van der Waals surface area (Å²) in [5, 5.41) is 0. The van der Waals surface area contributed by atoms with Gasteiger partial charge in [0.15, 0.2) is 11.5 Å². The normalized spacial score (nSPS) is 20.1. The predicted octanol–water partition coefficient (Wildman–Crippen LogP) is 2.72. The van der Waals surface area contributed by atoms with E-state index in [1.54, 1.807) is 12.1 Å². The number of halogens is 1. The summed E-state index contributed by atoms with van der Waals surface area (Å²) >= 11 is 0. The van der Waals surface area contributed by atoms with Crippen LogP contribution in [0.4, 0.5) is 0 Å². The fraction of sp³-hybridized carbons (Fsp3) is 0.588. The maximum absolute atomic E-state index is 12.7. The van der Waals surface area contributed by atoms with Crippen molar-refractivity contribution in [3.63, 3.8) is 0 Å². The van der Waals surface area contributed by atoms with Crippen molar-refractivity contribution in [3.05, 3.63) is 23.8 Å². The van der Waals surface area contributed by atoms with Gasteiger partial charge in [-0.1, -0.05) is 0 Å². The van der Waals surface area contributed by atoms with Crippen molar-refractivity contribution in [1.82, 2.24) is 4.90 Å². The summed E-state index contributed by atoms with van der Waals surface area (Å²) in [6.45, 7) is 8.37. The minimum Gasteiger partial charge on any atom is -0.490 e. The van der Waals surface area contributed by atoms with Crippen molar-refractivity contribution >= 4 is 18.3 Å². The van der Waals surface area contributed by atoms with Gasteiger partial charge in [-0.05, 0) is 57.9 Å². The van der Waals surface area contributed by atoms with Crippen LogP contribution >= 0.6 is 12.4 Å². The molecular formula is C17H27ClN2O3. The fourth-order valence-electron chi connectivity index (χ4n) is 2.95. The Balaban J connectivity index is 0.00000264. The third-order valence-corrected chi connectivity index (χ3v) is 4.05. The first-order valence-corrected chi connectivity index (χ1v) is 8.01. The molecule has 0 saturated carbocycles. The van der Waals surface area contributed by atoms with Gasteiger partial charge in [0.2, 0.25) is 0 Å². The van der Waals surface area contributed by atoms with E-state index >= 15 is 0 Å². The standard InChI is InChI=1S/C17H26N2O3.ClH/c1-4-21-15-7-6-14(9-16(15)22-5-2)17(20)19-11-13(10-18)8-12(19)3;/h6-7,9,12-13H,4-5,8,10-11,18H2,1-3H3;1H. The third-order valence-electron chi connectivity index (χ3n) is 4.05. The maximum Gasteiger partial charge on any atom is 0.254 e. The van der Waals surface area contributed by atoms with E-state index in [1.165, 1.54) is 0 Å². The molecule has 2 N–H and O–H groups in total. The Morgan fingerprint density at radius 1 is 1.26 bits per heavy atom. The van der Waals surface area contributed by atoms with E-state index < -0.39 is 0 Å². The quantitative estimate of drug-likeness (QED) is 0.863.